The Morgan fingerprint density at radius 1 is 1.15 bits per heavy atom. The molecule has 1 aliphatic heterocycles. The molecule has 2 N–H and O–H groups in total. The van der Waals surface area contributed by atoms with Crippen LogP contribution in [0.2, 0.25) is 0 Å². The fraction of sp³-hybridized carbons (Fsp3) is 0.333. The largest absolute Gasteiger partial charge is 0.490 e. The lowest BCUT2D eigenvalue weighted by Crippen LogP contribution is -2.33. The molecule has 3 aromatic rings. The Balaban J connectivity index is 1.89. The highest BCUT2D eigenvalue weighted by Gasteiger charge is 2.33. The van der Waals surface area contributed by atoms with Crippen LogP contribution in [0.15, 0.2) is 48.0 Å². The molecular weight excluding hydrogens is 428 g/mol. The Hall–Kier alpha value is -3.76. The summed E-state index contributed by atoms with van der Waals surface area (Å²) in [6.45, 7) is 10.4. The van der Waals surface area contributed by atoms with Crippen LogP contribution < -0.4 is 19.9 Å². The SMILES string of the molecule is CCOc1cc(C2=C(C#N)C(N)Oc3c2c(C)nn3-c2ccc(CC)cc2)ccc1OC(C)C. The van der Waals surface area contributed by atoms with Gasteiger partial charge in [-0.2, -0.15) is 10.4 Å². The highest BCUT2D eigenvalue weighted by atomic mass is 16.5. The smallest absolute Gasteiger partial charge is 0.226 e. The summed E-state index contributed by atoms with van der Waals surface area (Å²) in [5.74, 6) is 1.78. The fourth-order valence-corrected chi connectivity index (χ4v) is 4.11. The van der Waals surface area contributed by atoms with Gasteiger partial charge in [0.25, 0.3) is 0 Å². The lowest BCUT2D eigenvalue weighted by molar-refractivity contribution is 0.223. The van der Waals surface area contributed by atoms with Gasteiger partial charge in [0, 0.05) is 5.57 Å². The summed E-state index contributed by atoms with van der Waals surface area (Å²) in [5, 5.41) is 14.7. The zero-order chi connectivity index (χ0) is 24.4. The van der Waals surface area contributed by atoms with Gasteiger partial charge in [-0.05, 0) is 69.5 Å². The van der Waals surface area contributed by atoms with Crippen LogP contribution >= 0.6 is 0 Å². The van der Waals surface area contributed by atoms with Crippen LogP contribution in [-0.4, -0.2) is 28.7 Å². The van der Waals surface area contributed by atoms with Gasteiger partial charge in [-0.25, -0.2) is 4.68 Å². The van der Waals surface area contributed by atoms with E-state index in [1.54, 1.807) is 4.68 Å². The number of nitrogens with zero attached hydrogens (tertiary/aromatic N) is 3. The van der Waals surface area contributed by atoms with Gasteiger partial charge >= 0.3 is 0 Å². The number of aryl methyl sites for hydroxylation is 2. The number of benzene rings is 2. The van der Waals surface area contributed by atoms with Gasteiger partial charge in [-0.15, -0.1) is 0 Å². The summed E-state index contributed by atoms with van der Waals surface area (Å²) in [4.78, 5) is 0. The van der Waals surface area contributed by atoms with E-state index in [1.807, 2.05) is 58.0 Å². The number of nitrogens with two attached hydrogens (primary N) is 1. The molecule has 7 heteroatoms. The van der Waals surface area contributed by atoms with Crippen molar-refractivity contribution in [1.29, 1.82) is 5.26 Å². The quantitative estimate of drug-likeness (QED) is 0.539. The molecule has 176 valence electrons. The van der Waals surface area contributed by atoms with Gasteiger partial charge in [0.15, 0.2) is 17.7 Å². The van der Waals surface area contributed by atoms with Crippen LogP contribution in [0, 0.1) is 18.3 Å². The van der Waals surface area contributed by atoms with E-state index in [9.17, 15) is 5.26 Å². The molecular formula is C27H30N4O3. The summed E-state index contributed by atoms with van der Waals surface area (Å²) >= 11 is 0. The molecule has 0 radical (unpaired) electrons. The molecule has 0 saturated carbocycles. The van der Waals surface area contributed by atoms with E-state index in [2.05, 4.69) is 25.1 Å². The van der Waals surface area contributed by atoms with Crippen LogP contribution in [0.4, 0.5) is 0 Å². The summed E-state index contributed by atoms with van der Waals surface area (Å²) in [6, 6.07) is 16.1. The van der Waals surface area contributed by atoms with Crippen molar-refractivity contribution in [3.05, 3.63) is 70.4 Å². The number of fused-ring (bicyclic) bond motifs is 1. The standard InChI is InChI=1S/C27H30N4O3/c1-6-18-8-11-20(12-9-18)31-27-24(17(5)30-31)25(21(15-28)26(29)34-27)19-10-13-22(33-16(3)4)23(14-19)32-7-2/h8-14,16,26H,6-7,29H2,1-5H3. The summed E-state index contributed by atoms with van der Waals surface area (Å²) in [6.07, 6.45) is 0.0376. The average Bonchev–Trinajstić information content (AvgIpc) is 3.15. The van der Waals surface area contributed by atoms with Crippen LogP contribution in [0.5, 0.6) is 17.4 Å². The molecule has 0 fully saturated rings. The number of hydrogen-bond acceptors (Lipinski definition) is 6. The van der Waals surface area contributed by atoms with Crippen LogP contribution in [0.25, 0.3) is 11.3 Å². The second-order valence-corrected chi connectivity index (χ2v) is 8.40. The Bertz CT molecular complexity index is 1270. The molecule has 2 heterocycles. The summed E-state index contributed by atoms with van der Waals surface area (Å²) in [5.41, 5.74) is 11.7. The molecule has 1 atom stereocenters. The number of aromatic nitrogens is 2. The third-order valence-corrected chi connectivity index (χ3v) is 5.66. The Labute approximate surface area is 200 Å². The number of ether oxygens (including phenoxy) is 3. The van der Waals surface area contributed by atoms with Gasteiger partial charge in [-0.3, -0.25) is 5.73 Å². The first kappa shape index (κ1) is 23.4. The minimum Gasteiger partial charge on any atom is -0.490 e. The van der Waals surface area contributed by atoms with Gasteiger partial charge in [-0.1, -0.05) is 25.1 Å². The van der Waals surface area contributed by atoms with Crippen molar-refractivity contribution in [2.24, 2.45) is 5.73 Å². The zero-order valence-electron chi connectivity index (χ0n) is 20.3. The maximum absolute atomic E-state index is 9.99. The maximum atomic E-state index is 9.99. The third kappa shape index (κ3) is 4.25. The summed E-state index contributed by atoms with van der Waals surface area (Å²) < 4.78 is 19.6. The van der Waals surface area contributed by atoms with Crippen molar-refractivity contribution in [3.63, 3.8) is 0 Å². The minimum atomic E-state index is -0.917. The summed E-state index contributed by atoms with van der Waals surface area (Å²) in [7, 11) is 0. The molecule has 1 unspecified atom stereocenters. The minimum absolute atomic E-state index is 0.00150. The van der Waals surface area contributed by atoms with Gasteiger partial charge < -0.3 is 14.2 Å². The molecule has 34 heavy (non-hydrogen) atoms. The molecule has 0 aliphatic carbocycles. The van der Waals surface area contributed by atoms with E-state index in [0.717, 1.165) is 28.9 Å². The van der Waals surface area contributed by atoms with Crippen LogP contribution in [0.1, 0.15) is 50.1 Å². The lowest BCUT2D eigenvalue weighted by atomic mass is 9.91. The predicted molar refractivity (Wildman–Crippen MR) is 131 cm³/mol. The number of hydrogen-bond donors (Lipinski definition) is 1. The first-order chi connectivity index (χ1) is 16.4. The van der Waals surface area contributed by atoms with Gasteiger partial charge in [0.2, 0.25) is 5.88 Å². The molecule has 0 bridgehead atoms. The van der Waals surface area contributed by atoms with E-state index < -0.39 is 6.23 Å². The first-order valence-electron chi connectivity index (χ1n) is 11.6. The third-order valence-electron chi connectivity index (χ3n) is 5.66. The molecule has 0 spiro atoms. The lowest BCUT2D eigenvalue weighted by Gasteiger charge is -2.25. The van der Waals surface area contributed by atoms with Crippen LogP contribution in [0.3, 0.4) is 0 Å². The Morgan fingerprint density at radius 3 is 2.50 bits per heavy atom. The van der Waals surface area contributed by atoms with Crippen molar-refractivity contribution in [3.8, 4) is 29.1 Å². The van der Waals surface area contributed by atoms with Crippen molar-refractivity contribution < 1.29 is 14.2 Å². The molecule has 4 rings (SSSR count). The number of nitriles is 1. The average molecular weight is 459 g/mol. The van der Waals surface area contributed by atoms with Gasteiger partial charge in [0.1, 0.15) is 6.07 Å². The molecule has 1 aromatic heterocycles. The molecule has 0 saturated heterocycles. The second kappa shape index (κ2) is 9.62. The van der Waals surface area contributed by atoms with E-state index in [1.165, 1.54) is 5.56 Å². The Morgan fingerprint density at radius 2 is 1.88 bits per heavy atom. The normalized spacial score (nSPS) is 15.1. The highest BCUT2D eigenvalue weighted by molar-refractivity contribution is 5.90. The monoisotopic (exact) mass is 458 g/mol. The topological polar surface area (TPSA) is 95.3 Å². The van der Waals surface area contributed by atoms with Crippen molar-refractivity contribution in [1.82, 2.24) is 9.78 Å². The molecule has 7 nitrogen and oxygen atoms in total. The van der Waals surface area contributed by atoms with E-state index in [0.29, 0.717) is 35.1 Å². The Kier molecular flexibility index (Phi) is 6.62. The van der Waals surface area contributed by atoms with Crippen molar-refractivity contribution >= 4 is 5.57 Å². The van der Waals surface area contributed by atoms with Crippen LogP contribution in [-0.2, 0) is 6.42 Å². The second-order valence-electron chi connectivity index (χ2n) is 8.40. The molecule has 2 aromatic carbocycles. The first-order valence-corrected chi connectivity index (χ1v) is 11.6. The predicted octanol–water partition coefficient (Wildman–Crippen LogP) is 4.93. The van der Waals surface area contributed by atoms with E-state index in [4.69, 9.17) is 25.0 Å². The van der Waals surface area contributed by atoms with Crippen molar-refractivity contribution in [2.75, 3.05) is 6.61 Å². The molecule has 1 aliphatic rings. The van der Waals surface area contributed by atoms with Crippen molar-refractivity contribution in [2.45, 2.75) is 53.4 Å². The molecule has 0 amide bonds. The zero-order valence-corrected chi connectivity index (χ0v) is 20.3. The van der Waals surface area contributed by atoms with Gasteiger partial charge in [0.05, 0.1) is 35.2 Å². The fourth-order valence-electron chi connectivity index (χ4n) is 4.11. The van der Waals surface area contributed by atoms with E-state index >= 15 is 0 Å². The maximum Gasteiger partial charge on any atom is 0.226 e. The highest BCUT2D eigenvalue weighted by Crippen LogP contribution is 2.43. The van der Waals surface area contributed by atoms with E-state index in [-0.39, 0.29) is 6.10 Å². The number of rotatable bonds is 7.